The molecule has 1 aromatic carbocycles. The zero-order valence-electron chi connectivity index (χ0n) is 10.5. The number of methoxy groups -OCH3 is 2. The van der Waals surface area contributed by atoms with Gasteiger partial charge in [0.2, 0.25) is 0 Å². The number of H-pyrrole nitrogens is 1. The van der Waals surface area contributed by atoms with Crippen LogP contribution in [0.3, 0.4) is 0 Å². The normalized spacial score (nSPS) is 10.6. The van der Waals surface area contributed by atoms with Crippen LogP contribution in [0.4, 0.5) is 0 Å². The lowest BCUT2D eigenvalue weighted by molar-refractivity contribution is 0.395. The molecule has 0 aliphatic rings. The second-order valence-electron chi connectivity index (χ2n) is 3.90. The number of rotatable bonds is 3. The van der Waals surface area contributed by atoms with E-state index in [1.165, 1.54) is 0 Å². The minimum atomic E-state index is 0.569. The first-order valence-electron chi connectivity index (χ1n) is 5.70. The molecule has 0 saturated carbocycles. The molecule has 2 heterocycles. The maximum Gasteiger partial charge on any atom is 0.181 e. The number of fused-ring (bicyclic) bond motifs is 1. The maximum atomic E-state index is 5.35. The van der Waals surface area contributed by atoms with E-state index in [0.717, 1.165) is 16.8 Å². The second-order valence-corrected chi connectivity index (χ2v) is 3.90. The Bertz CT molecular complexity index is 723. The minimum Gasteiger partial charge on any atom is -0.497 e. The molecule has 0 saturated heterocycles. The first-order chi connectivity index (χ1) is 9.31. The quantitative estimate of drug-likeness (QED) is 0.776. The van der Waals surface area contributed by atoms with Gasteiger partial charge in [0.15, 0.2) is 11.5 Å². The Morgan fingerprint density at radius 3 is 2.79 bits per heavy atom. The Hall–Kier alpha value is -2.63. The Labute approximate surface area is 109 Å². The number of benzene rings is 1. The Morgan fingerprint density at radius 1 is 1.11 bits per heavy atom. The third-order valence-electron chi connectivity index (χ3n) is 2.83. The van der Waals surface area contributed by atoms with Crippen molar-refractivity contribution in [2.24, 2.45) is 0 Å². The average molecular weight is 256 g/mol. The molecule has 0 radical (unpaired) electrons. The predicted molar refractivity (Wildman–Crippen MR) is 70.2 cm³/mol. The number of hydrogen-bond acceptors (Lipinski definition) is 5. The molecule has 6 heteroatoms. The maximum absolute atomic E-state index is 5.35. The van der Waals surface area contributed by atoms with Gasteiger partial charge in [0.25, 0.3) is 0 Å². The molecule has 0 unspecified atom stereocenters. The van der Waals surface area contributed by atoms with Crippen LogP contribution in [0.2, 0.25) is 0 Å². The topological polar surface area (TPSA) is 72.9 Å². The van der Waals surface area contributed by atoms with Crippen LogP contribution in [0, 0.1) is 0 Å². The summed E-state index contributed by atoms with van der Waals surface area (Å²) in [7, 11) is 3.21. The standard InChI is InChI=1S/C13H12N4O2/c1-18-8-3-4-9(11(5-8)19-2)12-14-6-10-13(17-12)16-7-15-10/h3-7H,1-2H3,(H,14,15,16,17). The monoisotopic (exact) mass is 256 g/mol. The summed E-state index contributed by atoms with van der Waals surface area (Å²) in [5.74, 6) is 1.95. The Kier molecular flexibility index (Phi) is 2.75. The average Bonchev–Trinajstić information content (AvgIpc) is 2.93. The van der Waals surface area contributed by atoms with Gasteiger partial charge in [-0.05, 0) is 12.1 Å². The summed E-state index contributed by atoms with van der Waals surface area (Å²) in [4.78, 5) is 15.8. The highest BCUT2D eigenvalue weighted by Gasteiger charge is 2.11. The zero-order chi connectivity index (χ0) is 13.2. The van der Waals surface area contributed by atoms with Gasteiger partial charge in [-0.15, -0.1) is 0 Å². The molecule has 6 nitrogen and oxygen atoms in total. The number of aromatic nitrogens is 4. The first kappa shape index (κ1) is 11.5. The Balaban J connectivity index is 2.14. The van der Waals surface area contributed by atoms with Crippen LogP contribution >= 0.6 is 0 Å². The molecule has 19 heavy (non-hydrogen) atoms. The molecule has 0 amide bonds. The van der Waals surface area contributed by atoms with Crippen LogP contribution in [0.15, 0.2) is 30.7 Å². The number of nitrogens with zero attached hydrogens (tertiary/aromatic N) is 3. The molecular weight excluding hydrogens is 244 g/mol. The molecule has 3 rings (SSSR count). The van der Waals surface area contributed by atoms with E-state index in [1.807, 2.05) is 12.1 Å². The van der Waals surface area contributed by atoms with E-state index in [1.54, 1.807) is 32.8 Å². The number of nitrogens with one attached hydrogen (secondary N) is 1. The highest BCUT2D eigenvalue weighted by molar-refractivity contribution is 5.74. The first-order valence-corrected chi connectivity index (χ1v) is 5.70. The fourth-order valence-electron chi connectivity index (χ4n) is 1.85. The van der Waals surface area contributed by atoms with Gasteiger partial charge in [-0.25, -0.2) is 15.0 Å². The lowest BCUT2D eigenvalue weighted by atomic mass is 10.1. The summed E-state index contributed by atoms with van der Waals surface area (Å²) in [6.07, 6.45) is 3.29. The van der Waals surface area contributed by atoms with Crippen LogP contribution in [0.25, 0.3) is 22.6 Å². The molecule has 0 aliphatic heterocycles. The van der Waals surface area contributed by atoms with Crippen LogP contribution in [0.1, 0.15) is 0 Å². The van der Waals surface area contributed by atoms with Crippen molar-refractivity contribution in [1.29, 1.82) is 0 Å². The van der Waals surface area contributed by atoms with Gasteiger partial charge in [-0.2, -0.15) is 0 Å². The summed E-state index contributed by atoms with van der Waals surface area (Å²) in [5, 5.41) is 0. The molecule has 0 aliphatic carbocycles. The zero-order valence-corrected chi connectivity index (χ0v) is 10.5. The number of hydrogen-bond donors (Lipinski definition) is 1. The van der Waals surface area contributed by atoms with E-state index in [2.05, 4.69) is 19.9 Å². The van der Waals surface area contributed by atoms with Gasteiger partial charge in [0, 0.05) is 6.07 Å². The van der Waals surface area contributed by atoms with Gasteiger partial charge in [0.1, 0.15) is 17.0 Å². The van der Waals surface area contributed by atoms with Crippen molar-refractivity contribution in [2.75, 3.05) is 14.2 Å². The number of imidazole rings is 1. The summed E-state index contributed by atoms with van der Waals surface area (Å²) in [6.45, 7) is 0. The van der Waals surface area contributed by atoms with Crippen molar-refractivity contribution in [3.8, 4) is 22.9 Å². The Morgan fingerprint density at radius 2 is 2.00 bits per heavy atom. The molecule has 0 spiro atoms. The molecule has 1 N–H and O–H groups in total. The molecule has 96 valence electrons. The molecule has 3 aromatic rings. The molecule has 0 fully saturated rings. The highest BCUT2D eigenvalue weighted by atomic mass is 16.5. The van der Waals surface area contributed by atoms with E-state index >= 15 is 0 Å². The lowest BCUT2D eigenvalue weighted by Crippen LogP contribution is -1.94. The van der Waals surface area contributed by atoms with Gasteiger partial charge in [0.05, 0.1) is 32.3 Å². The summed E-state index contributed by atoms with van der Waals surface area (Å²) < 4.78 is 10.5. The molecule has 0 bridgehead atoms. The van der Waals surface area contributed by atoms with Gasteiger partial charge < -0.3 is 14.5 Å². The van der Waals surface area contributed by atoms with Gasteiger partial charge in [-0.3, -0.25) is 0 Å². The van der Waals surface area contributed by atoms with Crippen LogP contribution in [-0.4, -0.2) is 34.2 Å². The molecule has 2 aromatic heterocycles. The molecular formula is C13H12N4O2. The van der Waals surface area contributed by atoms with E-state index in [-0.39, 0.29) is 0 Å². The van der Waals surface area contributed by atoms with Crippen LogP contribution in [0.5, 0.6) is 11.5 Å². The second kappa shape index (κ2) is 4.56. The number of aromatic amines is 1. The van der Waals surface area contributed by atoms with Crippen molar-refractivity contribution in [2.45, 2.75) is 0 Å². The van der Waals surface area contributed by atoms with Crippen molar-refractivity contribution < 1.29 is 9.47 Å². The van der Waals surface area contributed by atoms with E-state index in [4.69, 9.17) is 9.47 Å². The van der Waals surface area contributed by atoms with E-state index < -0.39 is 0 Å². The van der Waals surface area contributed by atoms with Crippen LogP contribution in [-0.2, 0) is 0 Å². The van der Waals surface area contributed by atoms with Crippen molar-refractivity contribution in [1.82, 2.24) is 19.9 Å². The lowest BCUT2D eigenvalue weighted by Gasteiger charge is -2.09. The largest absolute Gasteiger partial charge is 0.497 e. The van der Waals surface area contributed by atoms with E-state index in [0.29, 0.717) is 17.2 Å². The summed E-state index contributed by atoms with van der Waals surface area (Å²) in [5.41, 5.74) is 2.23. The van der Waals surface area contributed by atoms with Crippen molar-refractivity contribution in [3.05, 3.63) is 30.7 Å². The van der Waals surface area contributed by atoms with Crippen molar-refractivity contribution >= 4 is 11.2 Å². The smallest absolute Gasteiger partial charge is 0.181 e. The van der Waals surface area contributed by atoms with Crippen molar-refractivity contribution in [3.63, 3.8) is 0 Å². The fourth-order valence-corrected chi connectivity index (χ4v) is 1.85. The predicted octanol–water partition coefficient (Wildman–Crippen LogP) is 2.04. The van der Waals surface area contributed by atoms with Crippen LogP contribution < -0.4 is 9.47 Å². The van der Waals surface area contributed by atoms with Gasteiger partial charge in [-0.1, -0.05) is 0 Å². The fraction of sp³-hybridized carbons (Fsp3) is 0.154. The highest BCUT2D eigenvalue weighted by Crippen LogP contribution is 2.31. The summed E-state index contributed by atoms with van der Waals surface area (Å²) >= 11 is 0. The summed E-state index contributed by atoms with van der Waals surface area (Å²) in [6, 6.07) is 5.51. The number of ether oxygens (including phenoxy) is 2. The van der Waals surface area contributed by atoms with Gasteiger partial charge >= 0.3 is 0 Å². The SMILES string of the molecule is COc1ccc(-c2ncc3[nH]cnc3n2)c(OC)c1. The third-order valence-corrected chi connectivity index (χ3v) is 2.83. The molecule has 0 atom stereocenters. The third kappa shape index (κ3) is 1.97. The minimum absolute atomic E-state index is 0.569. The van der Waals surface area contributed by atoms with E-state index in [9.17, 15) is 0 Å².